The molecular weight excluding hydrogens is 300 g/mol. The smallest absolute Gasteiger partial charge is 0.191 e. The lowest BCUT2D eigenvalue weighted by Crippen LogP contribution is -2.38. The minimum absolute atomic E-state index is 0.190. The highest BCUT2D eigenvalue weighted by atomic mass is 16.5. The van der Waals surface area contributed by atoms with E-state index in [9.17, 15) is 5.11 Å². The van der Waals surface area contributed by atoms with Gasteiger partial charge in [0.1, 0.15) is 17.8 Å². The third-order valence-electron chi connectivity index (χ3n) is 4.99. The zero-order chi connectivity index (χ0) is 17.2. The van der Waals surface area contributed by atoms with Crippen LogP contribution in [0.25, 0.3) is 0 Å². The average Bonchev–Trinajstić information content (AvgIpc) is 3.02. The van der Waals surface area contributed by atoms with Gasteiger partial charge < -0.3 is 14.1 Å². The predicted octanol–water partition coefficient (Wildman–Crippen LogP) is 3.70. The fourth-order valence-electron chi connectivity index (χ4n) is 3.84. The summed E-state index contributed by atoms with van der Waals surface area (Å²) in [4.78, 5) is 0. The second-order valence-corrected chi connectivity index (χ2v) is 8.09. The summed E-state index contributed by atoms with van der Waals surface area (Å²) >= 11 is 0. The molecule has 1 fully saturated rings. The van der Waals surface area contributed by atoms with Crippen LogP contribution in [0.4, 0.5) is 0 Å². The van der Waals surface area contributed by atoms with Crippen molar-refractivity contribution in [3.05, 3.63) is 53.4 Å². The Labute approximate surface area is 144 Å². The average molecular weight is 329 g/mol. The van der Waals surface area contributed by atoms with Crippen LogP contribution < -0.4 is 0 Å². The van der Waals surface area contributed by atoms with Gasteiger partial charge in [-0.2, -0.15) is 0 Å². The highest BCUT2D eigenvalue weighted by Crippen LogP contribution is 2.43. The van der Waals surface area contributed by atoms with Crippen molar-refractivity contribution in [2.24, 2.45) is 5.92 Å². The molecule has 1 aliphatic rings. The number of nitrogens with zero attached hydrogens (tertiary/aromatic N) is 2. The van der Waals surface area contributed by atoms with Crippen LogP contribution in [0.5, 0.6) is 0 Å². The fourth-order valence-corrected chi connectivity index (χ4v) is 3.84. The van der Waals surface area contributed by atoms with Gasteiger partial charge in [0.15, 0.2) is 5.76 Å². The minimum Gasteiger partial charge on any atom is -0.378 e. The van der Waals surface area contributed by atoms with Crippen molar-refractivity contribution in [2.45, 2.75) is 44.2 Å². The summed E-state index contributed by atoms with van der Waals surface area (Å²) < 4.78 is 6.34. The Morgan fingerprint density at radius 1 is 1.12 bits per heavy atom. The maximum Gasteiger partial charge on any atom is 0.191 e. The van der Waals surface area contributed by atoms with Gasteiger partial charge >= 0.3 is 0 Å². The Bertz CT molecular complexity index is 654. The lowest BCUT2D eigenvalue weighted by atomic mass is 9.71. The van der Waals surface area contributed by atoms with E-state index < -0.39 is 5.60 Å². The van der Waals surface area contributed by atoms with Crippen molar-refractivity contribution < 1.29 is 14.1 Å². The second kappa shape index (κ2) is 6.69. The Morgan fingerprint density at radius 3 is 2.42 bits per heavy atom. The molecule has 4 nitrogen and oxygen atoms in total. The molecule has 1 aliphatic carbocycles. The van der Waals surface area contributed by atoms with E-state index >= 15 is 0 Å². The van der Waals surface area contributed by atoms with E-state index in [0.29, 0.717) is 5.69 Å². The van der Waals surface area contributed by atoms with Crippen LogP contribution in [0.15, 0.2) is 40.9 Å². The second-order valence-electron chi connectivity index (χ2n) is 8.09. The molecule has 130 valence electrons. The molecule has 4 heteroatoms. The molecular formula is C20H29N2O2+. The third kappa shape index (κ3) is 3.55. The Morgan fingerprint density at radius 2 is 1.79 bits per heavy atom. The quantitative estimate of drug-likeness (QED) is 0.851. The zero-order valence-electron chi connectivity index (χ0n) is 15.0. The molecule has 1 saturated carbocycles. The minimum atomic E-state index is -1.06. The van der Waals surface area contributed by atoms with Crippen molar-refractivity contribution in [1.82, 2.24) is 5.16 Å². The summed E-state index contributed by atoms with van der Waals surface area (Å²) in [5, 5.41) is 16.1. The summed E-state index contributed by atoms with van der Waals surface area (Å²) in [6.07, 6.45) is 5.66. The Hall–Kier alpha value is -1.65. The number of quaternary nitrogens is 1. The van der Waals surface area contributed by atoms with Gasteiger partial charge in [-0.25, -0.2) is 0 Å². The van der Waals surface area contributed by atoms with Gasteiger partial charge in [-0.1, -0.05) is 54.8 Å². The van der Waals surface area contributed by atoms with Gasteiger partial charge in [0.05, 0.1) is 21.1 Å². The first-order valence-electron chi connectivity index (χ1n) is 8.94. The molecule has 0 bridgehead atoms. The number of rotatable bonds is 5. The number of hydrogen-bond donors (Lipinski definition) is 1. The van der Waals surface area contributed by atoms with Crippen LogP contribution in [0.2, 0.25) is 0 Å². The molecule has 1 atom stereocenters. The summed E-state index contributed by atoms with van der Waals surface area (Å²) in [5.41, 5.74) is 0.514. The van der Waals surface area contributed by atoms with Crippen LogP contribution in [-0.2, 0) is 12.1 Å². The number of aliphatic hydroxyl groups is 1. The van der Waals surface area contributed by atoms with Crippen LogP contribution in [-0.4, -0.2) is 35.9 Å². The first-order chi connectivity index (χ1) is 11.4. The first-order valence-corrected chi connectivity index (χ1v) is 8.94. The first kappa shape index (κ1) is 17.2. The summed E-state index contributed by atoms with van der Waals surface area (Å²) in [6.45, 7) is 0.753. The van der Waals surface area contributed by atoms with Gasteiger partial charge in [-0.15, -0.1) is 0 Å². The molecule has 3 rings (SSSR count). The molecule has 1 heterocycles. The van der Waals surface area contributed by atoms with Gasteiger partial charge in [-0.05, 0) is 24.3 Å². The Balaban J connectivity index is 1.99. The largest absolute Gasteiger partial charge is 0.378 e. The maximum atomic E-state index is 11.8. The van der Waals surface area contributed by atoms with E-state index in [4.69, 9.17) is 4.52 Å². The molecule has 2 aromatic rings. The lowest BCUT2D eigenvalue weighted by Gasteiger charge is -2.37. The molecule has 0 spiro atoms. The molecule has 1 aromatic heterocycles. The molecule has 1 N–H and O–H groups in total. The standard InChI is InChI=1S/C20H29N2O2/c1-22(2,3)15-18-14-19(21-24-18)20(23,16-10-6-4-7-11-16)17-12-8-5-9-13-17/h4,6-7,10-11,14,17,23H,5,8-9,12-13,15H2,1-3H3/q+1. The highest BCUT2D eigenvalue weighted by molar-refractivity contribution is 5.33. The normalized spacial score (nSPS) is 19.2. The number of hydrogen-bond acceptors (Lipinski definition) is 3. The van der Waals surface area contributed by atoms with Crippen molar-refractivity contribution in [3.8, 4) is 0 Å². The molecule has 0 saturated heterocycles. The van der Waals surface area contributed by atoms with E-state index in [-0.39, 0.29) is 5.92 Å². The number of aromatic nitrogens is 1. The van der Waals surface area contributed by atoms with E-state index in [2.05, 4.69) is 26.3 Å². The van der Waals surface area contributed by atoms with E-state index in [1.165, 1.54) is 19.3 Å². The van der Waals surface area contributed by atoms with Crippen LogP contribution in [0.1, 0.15) is 49.1 Å². The van der Waals surface area contributed by atoms with Gasteiger partial charge in [0.2, 0.25) is 0 Å². The van der Waals surface area contributed by atoms with Crippen molar-refractivity contribution in [1.29, 1.82) is 0 Å². The molecule has 1 unspecified atom stereocenters. The van der Waals surface area contributed by atoms with Crippen LogP contribution in [0.3, 0.4) is 0 Å². The third-order valence-corrected chi connectivity index (χ3v) is 4.99. The molecule has 0 radical (unpaired) electrons. The zero-order valence-corrected chi connectivity index (χ0v) is 15.0. The lowest BCUT2D eigenvalue weighted by molar-refractivity contribution is -0.885. The van der Waals surface area contributed by atoms with Crippen molar-refractivity contribution in [3.63, 3.8) is 0 Å². The topological polar surface area (TPSA) is 46.3 Å². The van der Waals surface area contributed by atoms with Gasteiger partial charge in [0, 0.05) is 6.07 Å². The summed E-state index contributed by atoms with van der Waals surface area (Å²) in [6, 6.07) is 11.9. The summed E-state index contributed by atoms with van der Waals surface area (Å²) in [7, 11) is 6.35. The van der Waals surface area contributed by atoms with Gasteiger partial charge in [0.25, 0.3) is 0 Å². The predicted molar refractivity (Wildman–Crippen MR) is 94.3 cm³/mol. The molecule has 0 aliphatic heterocycles. The molecule has 24 heavy (non-hydrogen) atoms. The highest BCUT2D eigenvalue weighted by Gasteiger charge is 2.43. The van der Waals surface area contributed by atoms with Crippen molar-refractivity contribution >= 4 is 0 Å². The maximum absolute atomic E-state index is 11.8. The fraction of sp³-hybridized carbons (Fsp3) is 0.550. The van der Waals surface area contributed by atoms with E-state index in [1.54, 1.807) is 0 Å². The van der Waals surface area contributed by atoms with Gasteiger partial charge in [-0.3, -0.25) is 0 Å². The van der Waals surface area contributed by atoms with E-state index in [1.807, 2.05) is 36.4 Å². The summed E-state index contributed by atoms with van der Waals surface area (Å²) in [5.74, 6) is 1.01. The number of benzene rings is 1. The SMILES string of the molecule is C[N+](C)(C)Cc1cc(C(O)(c2ccccc2)C2CCCCC2)no1. The van der Waals surface area contributed by atoms with Crippen molar-refractivity contribution in [2.75, 3.05) is 21.1 Å². The molecule has 0 amide bonds. The van der Waals surface area contributed by atoms with E-state index in [0.717, 1.165) is 35.2 Å². The molecule has 1 aromatic carbocycles. The van der Waals surface area contributed by atoms with Crippen LogP contribution >= 0.6 is 0 Å². The Kier molecular flexibility index (Phi) is 4.79. The monoisotopic (exact) mass is 329 g/mol. The van der Waals surface area contributed by atoms with Crippen LogP contribution in [0, 0.1) is 5.92 Å².